The molecule has 128 valence electrons. The van der Waals surface area contributed by atoms with E-state index in [1.165, 1.54) is 0 Å². The number of carbonyl (C=O) groups excluding carboxylic acids is 2. The number of carbonyl (C=O) groups is 2. The number of fused-ring (bicyclic) bond motifs is 1. The van der Waals surface area contributed by atoms with Gasteiger partial charge in [0.05, 0.1) is 11.9 Å². The average molecular weight is 402 g/mol. The summed E-state index contributed by atoms with van der Waals surface area (Å²) in [5.41, 5.74) is 2.05. The van der Waals surface area contributed by atoms with Crippen LogP contribution in [-0.2, 0) is 4.79 Å². The lowest BCUT2D eigenvalue weighted by Crippen LogP contribution is -2.27. The molecule has 3 aromatic rings. The summed E-state index contributed by atoms with van der Waals surface area (Å²) in [5, 5.41) is 6.31. The zero-order valence-electron chi connectivity index (χ0n) is 13.5. The van der Waals surface area contributed by atoms with Crippen LogP contribution in [-0.4, -0.2) is 23.3 Å². The Kier molecular flexibility index (Phi) is 5.14. The molecule has 0 spiro atoms. The van der Waals surface area contributed by atoms with Crippen LogP contribution in [0.2, 0.25) is 0 Å². The molecule has 2 aromatic heterocycles. The van der Waals surface area contributed by atoms with Gasteiger partial charge in [-0.05, 0) is 37.3 Å². The second-order valence-electron chi connectivity index (χ2n) is 5.49. The zero-order valence-corrected chi connectivity index (χ0v) is 15.1. The van der Waals surface area contributed by atoms with Crippen molar-refractivity contribution in [1.82, 2.24) is 10.3 Å². The van der Waals surface area contributed by atoms with Crippen LogP contribution in [0.3, 0.4) is 0 Å². The maximum absolute atomic E-state index is 12.3. The van der Waals surface area contributed by atoms with Crippen molar-refractivity contribution in [2.45, 2.75) is 13.3 Å². The van der Waals surface area contributed by atoms with E-state index < -0.39 is 0 Å². The second-order valence-corrected chi connectivity index (χ2v) is 6.41. The van der Waals surface area contributed by atoms with Gasteiger partial charge in [0, 0.05) is 34.6 Å². The standard InChI is InChI=1S/C18H16BrN3O3/c1-11-14-9-12(19)4-5-15(14)25-17(11)18(24)21-8-6-16(23)22-13-3-2-7-20-10-13/h2-5,7,9-10H,6,8H2,1H3,(H,21,24)(H,22,23). The van der Waals surface area contributed by atoms with E-state index >= 15 is 0 Å². The van der Waals surface area contributed by atoms with E-state index in [2.05, 4.69) is 31.5 Å². The highest BCUT2D eigenvalue weighted by molar-refractivity contribution is 9.10. The van der Waals surface area contributed by atoms with Gasteiger partial charge < -0.3 is 15.1 Å². The maximum atomic E-state index is 12.3. The number of nitrogens with zero attached hydrogens (tertiary/aromatic N) is 1. The molecule has 0 saturated heterocycles. The number of furan rings is 1. The van der Waals surface area contributed by atoms with Crippen LogP contribution in [0.15, 0.2) is 51.6 Å². The fraction of sp³-hybridized carbons (Fsp3) is 0.167. The van der Waals surface area contributed by atoms with Crippen LogP contribution in [0.25, 0.3) is 11.0 Å². The fourth-order valence-electron chi connectivity index (χ4n) is 2.44. The molecule has 0 aliphatic carbocycles. The third-order valence-electron chi connectivity index (χ3n) is 3.69. The minimum absolute atomic E-state index is 0.158. The normalized spacial score (nSPS) is 10.6. The van der Waals surface area contributed by atoms with Gasteiger partial charge in [-0.2, -0.15) is 0 Å². The molecule has 0 aliphatic heterocycles. The van der Waals surface area contributed by atoms with Crippen LogP contribution in [0, 0.1) is 6.92 Å². The first kappa shape index (κ1) is 17.2. The van der Waals surface area contributed by atoms with Crippen LogP contribution in [0.4, 0.5) is 5.69 Å². The third-order valence-corrected chi connectivity index (χ3v) is 4.18. The second kappa shape index (κ2) is 7.48. The van der Waals surface area contributed by atoms with Gasteiger partial charge in [0.25, 0.3) is 5.91 Å². The Morgan fingerprint density at radius 1 is 1.28 bits per heavy atom. The summed E-state index contributed by atoms with van der Waals surface area (Å²) in [6, 6.07) is 9.06. The van der Waals surface area contributed by atoms with Gasteiger partial charge in [-0.3, -0.25) is 14.6 Å². The molecule has 2 N–H and O–H groups in total. The predicted molar refractivity (Wildman–Crippen MR) is 98.5 cm³/mol. The first-order valence-corrected chi connectivity index (χ1v) is 8.50. The van der Waals surface area contributed by atoms with E-state index in [1.54, 1.807) is 24.5 Å². The van der Waals surface area contributed by atoms with Crippen molar-refractivity contribution in [2.24, 2.45) is 0 Å². The predicted octanol–water partition coefficient (Wildman–Crippen LogP) is 3.66. The Bertz CT molecular complexity index is 922. The van der Waals surface area contributed by atoms with Crippen molar-refractivity contribution in [3.8, 4) is 0 Å². The maximum Gasteiger partial charge on any atom is 0.287 e. The number of amides is 2. The van der Waals surface area contributed by atoms with Crippen LogP contribution in [0.5, 0.6) is 0 Å². The van der Waals surface area contributed by atoms with Crippen molar-refractivity contribution in [3.63, 3.8) is 0 Å². The summed E-state index contributed by atoms with van der Waals surface area (Å²) in [6.45, 7) is 2.05. The van der Waals surface area contributed by atoms with E-state index in [9.17, 15) is 9.59 Å². The highest BCUT2D eigenvalue weighted by atomic mass is 79.9. The SMILES string of the molecule is Cc1c(C(=O)NCCC(=O)Nc2cccnc2)oc2ccc(Br)cc12. The summed E-state index contributed by atoms with van der Waals surface area (Å²) < 4.78 is 6.55. The molecular weight excluding hydrogens is 386 g/mol. The molecule has 2 heterocycles. The molecule has 0 radical (unpaired) electrons. The molecule has 3 rings (SSSR count). The number of hydrogen-bond acceptors (Lipinski definition) is 4. The summed E-state index contributed by atoms with van der Waals surface area (Å²) in [5.74, 6) is -0.265. The number of aryl methyl sites for hydroxylation is 1. The van der Waals surface area contributed by atoms with Gasteiger partial charge in [-0.1, -0.05) is 15.9 Å². The van der Waals surface area contributed by atoms with E-state index in [-0.39, 0.29) is 30.5 Å². The highest BCUT2D eigenvalue weighted by Gasteiger charge is 2.17. The lowest BCUT2D eigenvalue weighted by Gasteiger charge is -2.05. The molecule has 0 aliphatic rings. The Hall–Kier alpha value is -2.67. The molecular formula is C18H16BrN3O3. The molecule has 1 aromatic carbocycles. The highest BCUT2D eigenvalue weighted by Crippen LogP contribution is 2.27. The number of anilines is 1. The topological polar surface area (TPSA) is 84.2 Å². The third kappa shape index (κ3) is 4.06. The van der Waals surface area contributed by atoms with Crippen molar-refractivity contribution in [2.75, 3.05) is 11.9 Å². The summed E-state index contributed by atoms with van der Waals surface area (Å²) in [4.78, 5) is 28.1. The Balaban J connectivity index is 1.58. The van der Waals surface area contributed by atoms with Gasteiger partial charge in [0.1, 0.15) is 5.58 Å². The summed E-state index contributed by atoms with van der Waals surface area (Å²) in [7, 11) is 0. The van der Waals surface area contributed by atoms with Crippen molar-refractivity contribution < 1.29 is 14.0 Å². The van der Waals surface area contributed by atoms with Crippen molar-refractivity contribution >= 4 is 44.4 Å². The number of nitrogens with one attached hydrogen (secondary N) is 2. The van der Waals surface area contributed by atoms with Crippen LogP contribution in [0.1, 0.15) is 22.5 Å². The lowest BCUT2D eigenvalue weighted by atomic mass is 10.1. The fourth-order valence-corrected chi connectivity index (χ4v) is 2.80. The van der Waals surface area contributed by atoms with E-state index in [0.717, 1.165) is 15.4 Å². The molecule has 7 heteroatoms. The quantitative estimate of drug-likeness (QED) is 0.682. The van der Waals surface area contributed by atoms with Gasteiger partial charge in [0.2, 0.25) is 5.91 Å². The lowest BCUT2D eigenvalue weighted by molar-refractivity contribution is -0.116. The Morgan fingerprint density at radius 3 is 2.88 bits per heavy atom. The molecule has 6 nitrogen and oxygen atoms in total. The molecule has 0 bridgehead atoms. The molecule has 0 unspecified atom stereocenters. The summed E-state index contributed by atoms with van der Waals surface area (Å²) in [6.07, 6.45) is 3.35. The molecule has 0 atom stereocenters. The van der Waals surface area contributed by atoms with Crippen molar-refractivity contribution in [3.05, 3.63) is 58.5 Å². The average Bonchev–Trinajstić information content (AvgIpc) is 2.92. The first-order chi connectivity index (χ1) is 12.0. The monoisotopic (exact) mass is 401 g/mol. The zero-order chi connectivity index (χ0) is 17.8. The van der Waals surface area contributed by atoms with E-state index in [1.807, 2.05) is 25.1 Å². The van der Waals surface area contributed by atoms with E-state index in [4.69, 9.17) is 4.42 Å². The number of hydrogen-bond donors (Lipinski definition) is 2. The first-order valence-electron chi connectivity index (χ1n) is 7.71. The molecule has 25 heavy (non-hydrogen) atoms. The number of aromatic nitrogens is 1. The van der Waals surface area contributed by atoms with Crippen LogP contribution >= 0.6 is 15.9 Å². The van der Waals surface area contributed by atoms with Gasteiger partial charge in [0.15, 0.2) is 5.76 Å². The molecule has 2 amide bonds. The van der Waals surface area contributed by atoms with E-state index in [0.29, 0.717) is 11.3 Å². The van der Waals surface area contributed by atoms with Crippen molar-refractivity contribution in [1.29, 1.82) is 0 Å². The number of pyridine rings is 1. The molecule has 0 saturated carbocycles. The van der Waals surface area contributed by atoms with Gasteiger partial charge in [-0.15, -0.1) is 0 Å². The molecule has 0 fully saturated rings. The van der Waals surface area contributed by atoms with Gasteiger partial charge >= 0.3 is 0 Å². The largest absolute Gasteiger partial charge is 0.451 e. The Labute approximate surface area is 152 Å². The van der Waals surface area contributed by atoms with Gasteiger partial charge in [-0.25, -0.2) is 0 Å². The number of rotatable bonds is 5. The Morgan fingerprint density at radius 2 is 2.12 bits per heavy atom. The van der Waals surface area contributed by atoms with Crippen LogP contribution < -0.4 is 10.6 Å². The minimum Gasteiger partial charge on any atom is -0.451 e. The number of benzene rings is 1. The minimum atomic E-state index is -0.334. The number of halogens is 1. The smallest absolute Gasteiger partial charge is 0.287 e. The summed E-state index contributed by atoms with van der Waals surface area (Å²) >= 11 is 3.41.